The van der Waals surface area contributed by atoms with Crippen LogP contribution in [0.25, 0.3) is 11.1 Å². The van der Waals surface area contributed by atoms with Crippen LogP contribution in [0.2, 0.25) is 0 Å². The van der Waals surface area contributed by atoms with E-state index >= 15 is 0 Å². The fourth-order valence-corrected chi connectivity index (χ4v) is 8.67. The van der Waals surface area contributed by atoms with Gasteiger partial charge in [-0.1, -0.05) is 109 Å². The highest BCUT2D eigenvalue weighted by Crippen LogP contribution is 2.56. The number of fused-ring (bicyclic) bond motifs is 4. The van der Waals surface area contributed by atoms with Crippen LogP contribution in [0.5, 0.6) is 23.0 Å². The average molecular weight is 796 g/mol. The predicted molar refractivity (Wildman–Crippen MR) is 236 cm³/mol. The van der Waals surface area contributed by atoms with Crippen LogP contribution in [0.3, 0.4) is 0 Å². The molecule has 3 amide bonds. The lowest BCUT2D eigenvalue weighted by atomic mass is 9.68. The van der Waals surface area contributed by atoms with E-state index in [-0.39, 0.29) is 17.5 Å². The number of anilines is 2. The zero-order chi connectivity index (χ0) is 41.7. The first-order chi connectivity index (χ1) is 29.8. The van der Waals surface area contributed by atoms with Crippen LogP contribution < -0.4 is 19.4 Å². The van der Waals surface area contributed by atoms with Gasteiger partial charge in [0.05, 0.1) is 22.2 Å². The quantitative estimate of drug-likeness (QED) is 0.107. The summed E-state index contributed by atoms with van der Waals surface area (Å²) in [4.78, 5) is 40.9. The summed E-state index contributed by atoms with van der Waals surface area (Å²) >= 11 is 0. The Morgan fingerprint density at radius 2 is 0.984 bits per heavy atom. The minimum atomic E-state index is -0.687. The molecular formula is C53H35N2O6-. The zero-order valence-corrected chi connectivity index (χ0v) is 32.8. The summed E-state index contributed by atoms with van der Waals surface area (Å²) in [5.74, 6) is 0.768. The van der Waals surface area contributed by atoms with Crippen molar-refractivity contribution in [1.29, 1.82) is 0 Å². The second-order valence-electron chi connectivity index (χ2n) is 15.0. The monoisotopic (exact) mass is 795 g/mol. The Balaban J connectivity index is 0.951. The van der Waals surface area contributed by atoms with E-state index in [1.54, 1.807) is 97.9 Å². The molecule has 0 fully saturated rings. The van der Waals surface area contributed by atoms with Crippen molar-refractivity contribution in [1.82, 2.24) is 0 Å². The largest absolute Gasteiger partial charge is 0.751 e. The third-order valence-electron chi connectivity index (χ3n) is 11.5. The number of para-hydroxylation sites is 2. The van der Waals surface area contributed by atoms with Gasteiger partial charge in [-0.25, -0.2) is 4.90 Å². The van der Waals surface area contributed by atoms with E-state index < -0.39 is 11.3 Å². The summed E-state index contributed by atoms with van der Waals surface area (Å²) in [6.07, 6.45) is 0. The van der Waals surface area contributed by atoms with Crippen LogP contribution >= 0.6 is 0 Å². The average Bonchev–Trinajstić information content (AvgIpc) is 3.74. The highest BCUT2D eigenvalue weighted by Gasteiger charge is 2.46. The van der Waals surface area contributed by atoms with Crippen molar-refractivity contribution in [2.75, 3.05) is 9.96 Å². The first-order valence-electron chi connectivity index (χ1n) is 19.8. The van der Waals surface area contributed by atoms with E-state index in [1.165, 1.54) is 4.90 Å². The summed E-state index contributed by atoms with van der Waals surface area (Å²) < 4.78 is 12.6. The number of ether oxygens (including phenoxy) is 2. The van der Waals surface area contributed by atoms with Crippen LogP contribution in [-0.2, 0) is 5.41 Å². The summed E-state index contributed by atoms with van der Waals surface area (Å²) in [5.41, 5.74) is 8.29. The molecule has 294 valence electrons. The summed E-state index contributed by atoms with van der Waals surface area (Å²) in [7, 11) is 0. The Labute approximate surface area is 352 Å². The van der Waals surface area contributed by atoms with Gasteiger partial charge in [0.15, 0.2) is 0 Å². The van der Waals surface area contributed by atoms with Gasteiger partial charge < -0.3 is 19.7 Å². The maximum atomic E-state index is 13.4. The molecule has 0 unspecified atom stereocenters. The number of hydrogen-bond donors (Lipinski definition) is 0. The highest BCUT2D eigenvalue weighted by molar-refractivity contribution is 6.34. The van der Waals surface area contributed by atoms with Gasteiger partial charge >= 0.3 is 0 Å². The Bertz CT molecular complexity index is 2960. The molecule has 0 spiro atoms. The molecule has 8 aromatic rings. The Morgan fingerprint density at radius 1 is 0.508 bits per heavy atom. The molecule has 1 heterocycles. The number of hydroxylamine groups is 1. The number of benzene rings is 8. The van der Waals surface area contributed by atoms with Gasteiger partial charge in [0.25, 0.3) is 11.8 Å². The van der Waals surface area contributed by atoms with Crippen molar-refractivity contribution in [2.45, 2.75) is 12.3 Å². The number of imide groups is 1. The molecule has 0 aromatic heterocycles. The van der Waals surface area contributed by atoms with Crippen LogP contribution in [0.1, 0.15) is 58.9 Å². The van der Waals surface area contributed by atoms with Crippen LogP contribution in [0, 0.1) is 12.1 Å². The maximum Gasteiger partial charge on any atom is 0.266 e. The van der Waals surface area contributed by atoms with E-state index in [1.807, 2.05) is 30.3 Å². The fourth-order valence-electron chi connectivity index (χ4n) is 8.67. The lowest BCUT2D eigenvalue weighted by Crippen LogP contribution is -2.29. The Kier molecular flexibility index (Phi) is 9.12. The first kappa shape index (κ1) is 37.2. The second kappa shape index (κ2) is 14.9. The van der Waals surface area contributed by atoms with E-state index in [0.29, 0.717) is 56.0 Å². The molecule has 0 N–H and O–H groups in total. The van der Waals surface area contributed by atoms with Gasteiger partial charge in [-0.15, -0.1) is 0 Å². The smallest absolute Gasteiger partial charge is 0.266 e. The molecule has 0 saturated carbocycles. The molecule has 8 nitrogen and oxygen atoms in total. The predicted octanol–water partition coefficient (Wildman–Crippen LogP) is 11.9. The fraction of sp³-hybridized carbons (Fsp3) is 0.0377. The number of hydrogen-bond acceptors (Lipinski definition) is 6. The topological polar surface area (TPSA) is 99.2 Å². The number of carbonyl (C=O) groups is 3. The van der Waals surface area contributed by atoms with E-state index in [4.69, 9.17) is 9.47 Å². The zero-order valence-electron chi connectivity index (χ0n) is 32.8. The van der Waals surface area contributed by atoms with Crippen molar-refractivity contribution < 1.29 is 23.9 Å². The third kappa shape index (κ3) is 6.25. The minimum Gasteiger partial charge on any atom is -0.751 e. The number of rotatable bonds is 9. The Morgan fingerprint density at radius 3 is 1.56 bits per heavy atom. The second-order valence-corrected chi connectivity index (χ2v) is 15.0. The molecule has 8 aromatic carbocycles. The SMILES string of the molecule is Cc1cc(Oc2ccc(C3(c4ccc(Oc5ccc6c(c5)C(=O)N(c5ccccc5)C6=O)cc4)c4ccccc4-c4ccccc43)cc2)ccc1C(=O)N([O-])c1ccccc1. The van der Waals surface area contributed by atoms with Crippen LogP contribution in [-0.4, -0.2) is 17.7 Å². The number of aryl methyl sites for hydroxylation is 1. The molecule has 61 heavy (non-hydrogen) atoms. The van der Waals surface area contributed by atoms with Crippen molar-refractivity contribution in [2.24, 2.45) is 0 Å². The molecule has 10 rings (SSSR count). The molecule has 0 saturated heterocycles. The number of amides is 3. The highest BCUT2D eigenvalue weighted by atomic mass is 16.5. The third-order valence-corrected chi connectivity index (χ3v) is 11.5. The van der Waals surface area contributed by atoms with E-state index in [2.05, 4.69) is 72.8 Å². The molecule has 8 heteroatoms. The summed E-state index contributed by atoms with van der Waals surface area (Å²) in [6, 6.07) is 60.4. The van der Waals surface area contributed by atoms with Gasteiger partial charge in [0.1, 0.15) is 23.0 Å². The summed E-state index contributed by atoms with van der Waals surface area (Å²) in [5, 5.41) is 13.2. The van der Waals surface area contributed by atoms with Crippen molar-refractivity contribution in [3.8, 4) is 34.1 Å². The van der Waals surface area contributed by atoms with Crippen molar-refractivity contribution in [3.63, 3.8) is 0 Å². The van der Waals surface area contributed by atoms with Gasteiger partial charge in [-0.3, -0.25) is 14.4 Å². The van der Waals surface area contributed by atoms with Gasteiger partial charge in [-0.2, -0.15) is 0 Å². The number of nitrogens with zero attached hydrogens (tertiary/aromatic N) is 2. The maximum absolute atomic E-state index is 13.4. The molecule has 1 aliphatic carbocycles. The minimum absolute atomic E-state index is 0.270. The Hall–Kier alpha value is -8.07. The van der Waals surface area contributed by atoms with Crippen LogP contribution in [0.15, 0.2) is 194 Å². The van der Waals surface area contributed by atoms with E-state index in [0.717, 1.165) is 33.4 Å². The van der Waals surface area contributed by atoms with Crippen molar-refractivity contribution in [3.05, 3.63) is 244 Å². The van der Waals surface area contributed by atoms with Crippen molar-refractivity contribution >= 4 is 29.1 Å². The van der Waals surface area contributed by atoms with E-state index in [9.17, 15) is 19.6 Å². The first-order valence-corrected chi connectivity index (χ1v) is 19.8. The molecule has 0 atom stereocenters. The van der Waals surface area contributed by atoms with Crippen LogP contribution in [0.4, 0.5) is 11.4 Å². The van der Waals surface area contributed by atoms with Gasteiger partial charge in [0, 0.05) is 11.3 Å². The van der Waals surface area contributed by atoms with Gasteiger partial charge in [0.2, 0.25) is 5.91 Å². The van der Waals surface area contributed by atoms with Gasteiger partial charge in [-0.05, 0) is 131 Å². The molecule has 0 radical (unpaired) electrons. The standard InChI is InChI=1S/C53H35N2O6/c1-34-32-41(28-30-43(34)52(58)55(59)38-14-6-3-7-15-38)60-39-24-20-35(21-25-39)53(48-18-10-8-16-44(48)45-17-9-11-19-49(45)53)36-22-26-40(27-23-36)61-42-29-31-46-47(33-42)51(57)54(50(46)56)37-12-4-2-5-13-37/h2-33H,1H3/q-1. The normalized spacial score (nSPS) is 13.3. The summed E-state index contributed by atoms with van der Waals surface area (Å²) in [6.45, 7) is 1.78. The lowest BCUT2D eigenvalue weighted by Gasteiger charge is -2.34. The molecular weight excluding hydrogens is 761 g/mol. The molecule has 1 aliphatic heterocycles. The molecule has 2 aliphatic rings. The lowest BCUT2D eigenvalue weighted by molar-refractivity contribution is 0.0924. The molecule has 0 bridgehead atoms. The number of carbonyl (C=O) groups excluding carboxylic acids is 3.